The van der Waals surface area contributed by atoms with Crippen molar-refractivity contribution in [2.45, 2.75) is 44.9 Å². The molecule has 128 valence electrons. The molecule has 1 aromatic rings. The van der Waals surface area contributed by atoms with E-state index in [1.54, 1.807) is 0 Å². The van der Waals surface area contributed by atoms with Crippen molar-refractivity contribution in [2.24, 2.45) is 0 Å². The van der Waals surface area contributed by atoms with E-state index in [-0.39, 0.29) is 17.7 Å². The molecular weight excluding hydrogens is 309 g/mol. The maximum absolute atomic E-state index is 12.8. The van der Waals surface area contributed by atoms with Gasteiger partial charge in [-0.25, -0.2) is 0 Å². The summed E-state index contributed by atoms with van der Waals surface area (Å²) in [4.78, 5) is 13.1. The number of hydrogen-bond donors (Lipinski definition) is 2. The van der Waals surface area contributed by atoms with Crippen molar-refractivity contribution in [3.63, 3.8) is 0 Å². The van der Waals surface area contributed by atoms with Crippen molar-refractivity contribution in [1.82, 2.24) is 10.2 Å². The van der Waals surface area contributed by atoms with Gasteiger partial charge in [0.15, 0.2) is 0 Å². The number of piperidine rings is 1. The number of halogens is 3. The van der Waals surface area contributed by atoms with E-state index >= 15 is 0 Å². The molecule has 1 fully saturated rings. The van der Waals surface area contributed by atoms with Crippen LogP contribution in [0.2, 0.25) is 0 Å². The summed E-state index contributed by atoms with van der Waals surface area (Å²) >= 11 is 0. The van der Waals surface area contributed by atoms with Crippen molar-refractivity contribution in [1.29, 1.82) is 0 Å². The highest BCUT2D eigenvalue weighted by atomic mass is 19.4. The molecule has 0 spiro atoms. The minimum atomic E-state index is -4.48. The van der Waals surface area contributed by atoms with Gasteiger partial charge in [0, 0.05) is 26.1 Å². The van der Waals surface area contributed by atoms with E-state index < -0.39 is 11.7 Å². The number of alkyl halides is 3. The van der Waals surface area contributed by atoms with Crippen molar-refractivity contribution in [2.75, 3.05) is 13.1 Å². The summed E-state index contributed by atoms with van der Waals surface area (Å²) in [6.07, 6.45) is -1.58. The highest BCUT2D eigenvalue weighted by Gasteiger charge is 2.31. The molecule has 1 amide bonds. The lowest BCUT2D eigenvalue weighted by molar-refractivity contribution is -0.137. The number of amides is 1. The van der Waals surface area contributed by atoms with E-state index in [2.05, 4.69) is 10.2 Å². The first-order valence-corrected chi connectivity index (χ1v) is 7.64. The normalized spacial score (nSPS) is 19.6. The Kier molecular flexibility index (Phi) is 5.51. The fourth-order valence-electron chi connectivity index (χ4n) is 2.92. The SMILES string of the molecule is CC(=O)NCC1CCCCN1Cc1cc(O)cc(C(F)(F)F)c1. The van der Waals surface area contributed by atoms with Crippen LogP contribution >= 0.6 is 0 Å². The average molecular weight is 330 g/mol. The summed E-state index contributed by atoms with van der Waals surface area (Å²) in [6, 6.07) is 3.27. The van der Waals surface area contributed by atoms with Gasteiger partial charge in [0.25, 0.3) is 0 Å². The van der Waals surface area contributed by atoms with Gasteiger partial charge in [0.2, 0.25) is 5.91 Å². The predicted molar refractivity (Wildman–Crippen MR) is 79.8 cm³/mol. The van der Waals surface area contributed by atoms with Crippen LogP contribution in [0.25, 0.3) is 0 Å². The summed E-state index contributed by atoms with van der Waals surface area (Å²) in [5, 5.41) is 12.3. The lowest BCUT2D eigenvalue weighted by atomic mass is 10.0. The van der Waals surface area contributed by atoms with E-state index in [0.717, 1.165) is 37.9 Å². The van der Waals surface area contributed by atoms with Crippen molar-refractivity contribution >= 4 is 5.91 Å². The maximum atomic E-state index is 12.8. The van der Waals surface area contributed by atoms with E-state index in [0.29, 0.717) is 18.7 Å². The number of nitrogens with one attached hydrogen (secondary N) is 1. The Morgan fingerprint density at radius 3 is 2.74 bits per heavy atom. The molecule has 0 radical (unpaired) electrons. The zero-order chi connectivity index (χ0) is 17.0. The van der Waals surface area contributed by atoms with Gasteiger partial charge < -0.3 is 10.4 Å². The van der Waals surface area contributed by atoms with Crippen molar-refractivity contribution in [3.8, 4) is 5.75 Å². The third-order valence-corrected chi connectivity index (χ3v) is 4.03. The topological polar surface area (TPSA) is 52.6 Å². The molecule has 2 N–H and O–H groups in total. The minimum Gasteiger partial charge on any atom is -0.508 e. The average Bonchev–Trinajstić information content (AvgIpc) is 2.44. The van der Waals surface area contributed by atoms with E-state index in [1.165, 1.54) is 13.0 Å². The fraction of sp³-hybridized carbons (Fsp3) is 0.562. The standard InChI is InChI=1S/C16H21F3N2O2/c1-11(22)20-9-14-4-2-3-5-21(14)10-12-6-13(16(17,18)19)8-15(23)7-12/h6-8,14,23H,2-5,9-10H2,1H3,(H,20,22). The zero-order valence-electron chi connectivity index (χ0n) is 13.0. The van der Waals surface area contributed by atoms with Crippen LogP contribution in [0.3, 0.4) is 0 Å². The first-order chi connectivity index (χ1) is 10.8. The number of likely N-dealkylation sites (tertiary alicyclic amines) is 1. The lowest BCUT2D eigenvalue weighted by Crippen LogP contribution is -2.45. The number of rotatable bonds is 4. The number of phenolic OH excluding ortho intramolecular Hbond substituents is 1. The number of carbonyl (C=O) groups excluding carboxylic acids is 1. The number of carbonyl (C=O) groups is 1. The Bertz CT molecular complexity index is 561. The molecule has 0 aliphatic carbocycles. The molecule has 23 heavy (non-hydrogen) atoms. The first-order valence-electron chi connectivity index (χ1n) is 7.64. The van der Waals surface area contributed by atoms with Gasteiger partial charge in [0.1, 0.15) is 5.75 Å². The Labute approximate surface area is 133 Å². The summed E-state index contributed by atoms with van der Waals surface area (Å²) in [6.45, 7) is 3.02. The van der Waals surface area contributed by atoms with Gasteiger partial charge >= 0.3 is 6.18 Å². The summed E-state index contributed by atoms with van der Waals surface area (Å²) < 4.78 is 38.5. The lowest BCUT2D eigenvalue weighted by Gasteiger charge is -2.36. The minimum absolute atomic E-state index is 0.101. The highest BCUT2D eigenvalue weighted by molar-refractivity contribution is 5.72. The van der Waals surface area contributed by atoms with Crippen LogP contribution in [-0.2, 0) is 17.5 Å². The first kappa shape index (κ1) is 17.6. The molecule has 4 nitrogen and oxygen atoms in total. The Balaban J connectivity index is 2.12. The molecule has 1 unspecified atom stereocenters. The van der Waals surface area contributed by atoms with E-state index in [1.807, 2.05) is 0 Å². The molecule has 1 atom stereocenters. The molecule has 2 rings (SSSR count). The largest absolute Gasteiger partial charge is 0.508 e. The molecule has 1 aliphatic rings. The Hall–Kier alpha value is -1.76. The number of nitrogens with zero attached hydrogens (tertiary/aromatic N) is 1. The summed E-state index contributed by atoms with van der Waals surface area (Å²) in [5.41, 5.74) is -0.421. The summed E-state index contributed by atoms with van der Waals surface area (Å²) in [7, 11) is 0. The molecule has 0 bridgehead atoms. The number of benzene rings is 1. The molecule has 1 saturated heterocycles. The van der Waals surface area contributed by atoms with Crippen molar-refractivity contribution < 1.29 is 23.1 Å². The van der Waals surface area contributed by atoms with E-state index in [9.17, 15) is 23.1 Å². The molecule has 1 heterocycles. The molecule has 7 heteroatoms. The maximum Gasteiger partial charge on any atom is 0.416 e. The van der Waals surface area contributed by atoms with Gasteiger partial charge in [0.05, 0.1) is 5.56 Å². The molecular formula is C16H21F3N2O2. The van der Waals surface area contributed by atoms with Crippen LogP contribution in [0.4, 0.5) is 13.2 Å². The van der Waals surface area contributed by atoms with Crippen LogP contribution in [0.1, 0.15) is 37.3 Å². The van der Waals surface area contributed by atoms with E-state index in [4.69, 9.17) is 0 Å². The van der Waals surface area contributed by atoms with Crippen LogP contribution in [0, 0.1) is 0 Å². The molecule has 0 aromatic heterocycles. The number of aromatic hydroxyl groups is 1. The third-order valence-electron chi connectivity index (χ3n) is 4.03. The van der Waals surface area contributed by atoms with Gasteiger partial charge in [-0.2, -0.15) is 13.2 Å². The molecule has 0 saturated carbocycles. The monoisotopic (exact) mass is 330 g/mol. The summed E-state index contributed by atoms with van der Waals surface area (Å²) in [5.74, 6) is -0.502. The quantitative estimate of drug-likeness (QED) is 0.892. The Morgan fingerprint density at radius 2 is 2.09 bits per heavy atom. The number of phenols is 1. The predicted octanol–water partition coefficient (Wildman–Crippen LogP) is 2.90. The smallest absolute Gasteiger partial charge is 0.416 e. The van der Waals surface area contributed by atoms with Gasteiger partial charge in [-0.3, -0.25) is 9.69 Å². The number of hydrogen-bond acceptors (Lipinski definition) is 3. The fourth-order valence-corrected chi connectivity index (χ4v) is 2.92. The molecule has 1 aromatic carbocycles. The highest BCUT2D eigenvalue weighted by Crippen LogP contribution is 2.33. The second kappa shape index (κ2) is 7.21. The van der Waals surface area contributed by atoms with Crippen LogP contribution in [0.15, 0.2) is 18.2 Å². The Morgan fingerprint density at radius 1 is 1.35 bits per heavy atom. The van der Waals surface area contributed by atoms with Gasteiger partial charge in [-0.1, -0.05) is 6.42 Å². The zero-order valence-corrected chi connectivity index (χ0v) is 13.0. The van der Waals surface area contributed by atoms with Gasteiger partial charge in [-0.15, -0.1) is 0 Å². The van der Waals surface area contributed by atoms with Crippen molar-refractivity contribution in [3.05, 3.63) is 29.3 Å². The second-order valence-corrected chi connectivity index (χ2v) is 5.94. The van der Waals surface area contributed by atoms with Crippen LogP contribution in [-0.4, -0.2) is 35.0 Å². The van der Waals surface area contributed by atoms with Crippen LogP contribution in [0.5, 0.6) is 5.75 Å². The van der Waals surface area contributed by atoms with Gasteiger partial charge in [-0.05, 0) is 43.1 Å². The molecule has 1 aliphatic heterocycles. The van der Waals surface area contributed by atoms with Crippen LogP contribution < -0.4 is 5.32 Å². The second-order valence-electron chi connectivity index (χ2n) is 5.94. The third kappa shape index (κ3) is 5.13.